The lowest BCUT2D eigenvalue weighted by molar-refractivity contribution is 0.0466. The minimum absolute atomic E-state index is 0.126. The van der Waals surface area contributed by atoms with Gasteiger partial charge in [-0.25, -0.2) is 4.98 Å². The first kappa shape index (κ1) is 11.9. The molecular weight excluding hydrogens is 316 g/mol. The summed E-state index contributed by atoms with van der Waals surface area (Å²) in [6, 6.07) is 1.87. The van der Waals surface area contributed by atoms with Crippen LogP contribution >= 0.6 is 27.3 Å². The van der Waals surface area contributed by atoms with Crippen molar-refractivity contribution in [3.63, 3.8) is 0 Å². The summed E-state index contributed by atoms with van der Waals surface area (Å²) in [5.41, 5.74) is 0. The van der Waals surface area contributed by atoms with E-state index in [1.54, 1.807) is 6.33 Å². The number of nitrogens with zero attached hydrogens (tertiary/aromatic N) is 4. The van der Waals surface area contributed by atoms with Gasteiger partial charge in [-0.2, -0.15) is 5.10 Å². The molecule has 0 aromatic carbocycles. The lowest BCUT2D eigenvalue weighted by Gasteiger charge is -2.38. The van der Waals surface area contributed by atoms with E-state index < -0.39 is 0 Å². The number of likely N-dealkylation sites (tertiary alicyclic amines) is 1. The molecule has 1 fully saturated rings. The first-order valence-electron chi connectivity index (χ1n) is 5.58. The summed E-state index contributed by atoms with van der Waals surface area (Å²) in [4.78, 5) is 18.6. The molecule has 7 heteroatoms. The number of aromatic nitrogens is 3. The highest BCUT2D eigenvalue weighted by Gasteiger charge is 2.32. The number of thiophene rings is 1. The Balaban J connectivity index is 1.54. The second-order valence-corrected chi connectivity index (χ2v) is 6.15. The fraction of sp³-hybridized carbons (Fsp3) is 0.364. The minimum Gasteiger partial charge on any atom is -0.337 e. The zero-order valence-electron chi connectivity index (χ0n) is 9.49. The molecule has 94 valence electrons. The van der Waals surface area contributed by atoms with Gasteiger partial charge in [-0.05, 0) is 22.0 Å². The number of amides is 1. The maximum atomic E-state index is 12.1. The highest BCUT2D eigenvalue weighted by Crippen LogP contribution is 2.25. The Bertz CT molecular complexity index is 547. The van der Waals surface area contributed by atoms with Crippen LogP contribution in [0.15, 0.2) is 28.6 Å². The van der Waals surface area contributed by atoms with Crippen molar-refractivity contribution in [2.45, 2.75) is 6.54 Å². The third-order valence-corrected chi connectivity index (χ3v) is 4.61. The van der Waals surface area contributed by atoms with E-state index in [0.717, 1.165) is 29.0 Å². The molecule has 18 heavy (non-hydrogen) atoms. The van der Waals surface area contributed by atoms with Crippen LogP contribution in [-0.2, 0) is 6.54 Å². The van der Waals surface area contributed by atoms with Gasteiger partial charge in [0.1, 0.15) is 12.7 Å². The van der Waals surface area contributed by atoms with Crippen LogP contribution in [0.1, 0.15) is 9.67 Å². The Morgan fingerprint density at radius 3 is 3.00 bits per heavy atom. The zero-order valence-corrected chi connectivity index (χ0v) is 11.9. The number of carbonyl (C=O) groups excluding carboxylic acids is 1. The molecule has 1 aliphatic heterocycles. The van der Waals surface area contributed by atoms with Gasteiger partial charge in [0.15, 0.2) is 0 Å². The number of hydrogen-bond acceptors (Lipinski definition) is 4. The van der Waals surface area contributed by atoms with Crippen molar-refractivity contribution in [2.75, 3.05) is 13.1 Å². The second-order valence-electron chi connectivity index (χ2n) is 4.32. The molecular formula is C11H11BrN4OS. The van der Waals surface area contributed by atoms with Crippen LogP contribution in [0.5, 0.6) is 0 Å². The average molecular weight is 327 g/mol. The predicted molar refractivity (Wildman–Crippen MR) is 71.4 cm³/mol. The number of halogens is 1. The molecule has 3 rings (SSSR count). The van der Waals surface area contributed by atoms with Gasteiger partial charge in [0.2, 0.25) is 0 Å². The zero-order chi connectivity index (χ0) is 12.5. The summed E-state index contributed by atoms with van der Waals surface area (Å²) in [7, 11) is 0. The van der Waals surface area contributed by atoms with Crippen molar-refractivity contribution < 1.29 is 4.79 Å². The molecule has 1 saturated heterocycles. The normalized spacial score (nSPS) is 15.7. The standard InChI is InChI=1S/C11H11BrN4OS/c12-9-1-10(18-5-9)11(17)15-2-8(3-15)4-16-7-13-6-14-16/h1,5-8H,2-4H2. The summed E-state index contributed by atoms with van der Waals surface area (Å²) in [6.45, 7) is 2.43. The Morgan fingerprint density at radius 2 is 2.39 bits per heavy atom. The molecule has 0 saturated carbocycles. The van der Waals surface area contributed by atoms with E-state index in [-0.39, 0.29) is 5.91 Å². The van der Waals surface area contributed by atoms with Crippen LogP contribution in [0.4, 0.5) is 0 Å². The van der Waals surface area contributed by atoms with E-state index in [2.05, 4.69) is 26.0 Å². The van der Waals surface area contributed by atoms with E-state index in [4.69, 9.17) is 0 Å². The van der Waals surface area contributed by atoms with E-state index in [1.165, 1.54) is 17.7 Å². The molecule has 0 atom stereocenters. The van der Waals surface area contributed by atoms with Crippen molar-refractivity contribution >= 4 is 33.2 Å². The largest absolute Gasteiger partial charge is 0.337 e. The topological polar surface area (TPSA) is 51.0 Å². The van der Waals surface area contributed by atoms with Crippen LogP contribution in [-0.4, -0.2) is 38.7 Å². The third-order valence-electron chi connectivity index (χ3n) is 2.93. The molecule has 1 amide bonds. The highest BCUT2D eigenvalue weighted by molar-refractivity contribution is 9.10. The van der Waals surface area contributed by atoms with Crippen LogP contribution in [0, 0.1) is 5.92 Å². The summed E-state index contributed by atoms with van der Waals surface area (Å²) in [5, 5.41) is 6.00. The van der Waals surface area contributed by atoms with Crippen molar-refractivity contribution in [3.8, 4) is 0 Å². The molecule has 2 aromatic rings. The van der Waals surface area contributed by atoms with E-state index >= 15 is 0 Å². The molecule has 1 aliphatic rings. The van der Waals surface area contributed by atoms with Gasteiger partial charge in [0, 0.05) is 35.4 Å². The number of hydrogen-bond donors (Lipinski definition) is 0. The van der Waals surface area contributed by atoms with Gasteiger partial charge in [-0.3, -0.25) is 9.48 Å². The number of rotatable bonds is 3. The Kier molecular flexibility index (Phi) is 3.17. The van der Waals surface area contributed by atoms with Gasteiger partial charge >= 0.3 is 0 Å². The molecule has 2 aromatic heterocycles. The van der Waals surface area contributed by atoms with Crippen molar-refractivity contribution in [3.05, 3.63) is 33.5 Å². The quantitative estimate of drug-likeness (QED) is 0.865. The maximum Gasteiger partial charge on any atom is 0.263 e. The lowest BCUT2D eigenvalue weighted by atomic mass is 10.00. The Labute approximate surface area is 117 Å². The van der Waals surface area contributed by atoms with Gasteiger partial charge in [-0.15, -0.1) is 11.3 Å². The van der Waals surface area contributed by atoms with Crippen molar-refractivity contribution in [2.24, 2.45) is 5.92 Å². The molecule has 0 radical (unpaired) electrons. The van der Waals surface area contributed by atoms with E-state index in [1.807, 2.05) is 21.0 Å². The van der Waals surface area contributed by atoms with Crippen LogP contribution in [0.2, 0.25) is 0 Å². The van der Waals surface area contributed by atoms with Crippen molar-refractivity contribution in [1.29, 1.82) is 0 Å². The molecule has 3 heterocycles. The Morgan fingerprint density at radius 1 is 1.56 bits per heavy atom. The van der Waals surface area contributed by atoms with Crippen LogP contribution < -0.4 is 0 Å². The summed E-state index contributed by atoms with van der Waals surface area (Å²) in [6.07, 6.45) is 3.24. The summed E-state index contributed by atoms with van der Waals surface area (Å²) < 4.78 is 2.78. The van der Waals surface area contributed by atoms with E-state index in [9.17, 15) is 4.79 Å². The third kappa shape index (κ3) is 2.32. The first-order chi connectivity index (χ1) is 8.72. The first-order valence-corrected chi connectivity index (χ1v) is 7.25. The fourth-order valence-electron chi connectivity index (χ4n) is 2.02. The molecule has 0 N–H and O–H groups in total. The van der Waals surface area contributed by atoms with Gasteiger partial charge < -0.3 is 4.90 Å². The predicted octanol–water partition coefficient (Wildman–Crippen LogP) is 1.87. The molecule has 0 unspecified atom stereocenters. The van der Waals surface area contributed by atoms with Crippen LogP contribution in [0.25, 0.3) is 0 Å². The minimum atomic E-state index is 0.126. The van der Waals surface area contributed by atoms with E-state index in [0.29, 0.717) is 5.92 Å². The molecule has 5 nitrogen and oxygen atoms in total. The fourth-order valence-corrected chi connectivity index (χ4v) is 3.42. The Hall–Kier alpha value is -1.21. The molecule has 0 spiro atoms. The lowest BCUT2D eigenvalue weighted by Crippen LogP contribution is -2.51. The second kappa shape index (κ2) is 4.81. The summed E-state index contributed by atoms with van der Waals surface area (Å²) >= 11 is 4.84. The van der Waals surface area contributed by atoms with Gasteiger partial charge in [-0.1, -0.05) is 0 Å². The summed E-state index contributed by atoms with van der Waals surface area (Å²) in [5.74, 6) is 0.611. The average Bonchev–Trinajstić information content (AvgIpc) is 2.93. The molecule has 0 aliphatic carbocycles. The maximum absolute atomic E-state index is 12.1. The van der Waals surface area contributed by atoms with Gasteiger partial charge in [0.25, 0.3) is 5.91 Å². The van der Waals surface area contributed by atoms with Gasteiger partial charge in [0.05, 0.1) is 4.88 Å². The van der Waals surface area contributed by atoms with Crippen LogP contribution in [0.3, 0.4) is 0 Å². The molecule has 0 bridgehead atoms. The van der Waals surface area contributed by atoms with Crippen molar-refractivity contribution in [1.82, 2.24) is 19.7 Å². The SMILES string of the molecule is O=C(c1cc(Br)cs1)N1CC(Cn2cncn2)C1. The highest BCUT2D eigenvalue weighted by atomic mass is 79.9. The smallest absolute Gasteiger partial charge is 0.263 e. The number of carbonyl (C=O) groups is 1. The monoisotopic (exact) mass is 326 g/mol.